The molecule has 25 heavy (non-hydrogen) atoms. The summed E-state index contributed by atoms with van der Waals surface area (Å²) in [6.07, 6.45) is 2.25. The lowest BCUT2D eigenvalue weighted by Crippen LogP contribution is -2.39. The summed E-state index contributed by atoms with van der Waals surface area (Å²) in [5, 5.41) is 15.8. The molecule has 1 aromatic carbocycles. The number of benzene rings is 1. The van der Waals surface area contributed by atoms with Crippen LogP contribution in [0.25, 0.3) is 0 Å². The lowest BCUT2D eigenvalue weighted by molar-refractivity contribution is 0.0487. The van der Waals surface area contributed by atoms with Crippen molar-refractivity contribution in [1.29, 1.82) is 0 Å². The van der Waals surface area contributed by atoms with Crippen molar-refractivity contribution < 1.29 is 14.6 Å². The Morgan fingerprint density at radius 2 is 1.72 bits per heavy atom. The molecule has 6 heteroatoms. The van der Waals surface area contributed by atoms with Gasteiger partial charge in [-0.2, -0.15) is 0 Å². The first-order valence-electron chi connectivity index (χ1n) is 9.17. The maximum Gasteiger partial charge on any atom is 0.191 e. The summed E-state index contributed by atoms with van der Waals surface area (Å²) in [5.74, 6) is 0.748. The summed E-state index contributed by atoms with van der Waals surface area (Å²) >= 11 is 0. The van der Waals surface area contributed by atoms with Crippen molar-refractivity contribution in [3.8, 4) is 0 Å². The largest absolute Gasteiger partial charge is 0.392 e. The first kappa shape index (κ1) is 21.4. The van der Waals surface area contributed by atoms with Crippen molar-refractivity contribution in [1.82, 2.24) is 10.6 Å². The number of ether oxygens (including phenoxy) is 2. The monoisotopic (exact) mass is 351 g/mol. The van der Waals surface area contributed by atoms with Gasteiger partial charge in [-0.1, -0.05) is 37.6 Å². The molecule has 0 atom stereocenters. The molecule has 0 amide bonds. The van der Waals surface area contributed by atoms with Gasteiger partial charge >= 0.3 is 0 Å². The van der Waals surface area contributed by atoms with Crippen LogP contribution in [0.15, 0.2) is 29.3 Å². The van der Waals surface area contributed by atoms with E-state index in [1.165, 1.54) is 0 Å². The minimum Gasteiger partial charge on any atom is -0.392 e. The van der Waals surface area contributed by atoms with Crippen molar-refractivity contribution in [3.05, 3.63) is 35.4 Å². The van der Waals surface area contributed by atoms with Crippen LogP contribution in [0.1, 0.15) is 37.8 Å². The number of aliphatic hydroxyl groups is 1. The van der Waals surface area contributed by atoms with Crippen LogP contribution in [0.4, 0.5) is 0 Å². The van der Waals surface area contributed by atoms with Crippen LogP contribution in [0, 0.1) is 0 Å². The SMILES string of the molecule is CCCCOCCOCCNC(=NCc1ccccc1CO)NCC. The first-order valence-corrected chi connectivity index (χ1v) is 9.17. The van der Waals surface area contributed by atoms with E-state index in [1.54, 1.807) is 0 Å². The zero-order valence-electron chi connectivity index (χ0n) is 15.6. The van der Waals surface area contributed by atoms with Crippen LogP contribution in [-0.4, -0.2) is 50.6 Å². The van der Waals surface area contributed by atoms with Gasteiger partial charge in [0.15, 0.2) is 5.96 Å². The molecule has 3 N–H and O–H groups in total. The van der Waals surface area contributed by atoms with E-state index >= 15 is 0 Å². The standard InChI is InChI=1S/C19H33N3O3/c1-3-5-11-24-13-14-25-12-10-21-19(20-4-2)22-15-17-8-6-7-9-18(17)16-23/h6-9,23H,3-5,10-16H2,1-2H3,(H2,20,21,22). The highest BCUT2D eigenvalue weighted by molar-refractivity contribution is 5.79. The predicted molar refractivity (Wildman–Crippen MR) is 102 cm³/mol. The van der Waals surface area contributed by atoms with Crippen LogP contribution in [0.3, 0.4) is 0 Å². The molecule has 0 aliphatic heterocycles. The Labute approximate surface area is 151 Å². The fourth-order valence-electron chi connectivity index (χ4n) is 2.18. The third-order valence-corrected chi connectivity index (χ3v) is 3.59. The highest BCUT2D eigenvalue weighted by Crippen LogP contribution is 2.09. The fourth-order valence-corrected chi connectivity index (χ4v) is 2.18. The van der Waals surface area contributed by atoms with E-state index < -0.39 is 0 Å². The smallest absolute Gasteiger partial charge is 0.191 e. The van der Waals surface area contributed by atoms with E-state index in [9.17, 15) is 5.11 Å². The number of hydrogen-bond acceptors (Lipinski definition) is 4. The molecule has 0 aromatic heterocycles. The van der Waals surface area contributed by atoms with E-state index in [1.807, 2.05) is 31.2 Å². The van der Waals surface area contributed by atoms with E-state index in [4.69, 9.17) is 9.47 Å². The summed E-state index contributed by atoms with van der Waals surface area (Å²) in [7, 11) is 0. The molecule has 0 aliphatic rings. The van der Waals surface area contributed by atoms with Gasteiger partial charge in [-0.15, -0.1) is 0 Å². The first-order chi connectivity index (χ1) is 12.3. The molecule has 1 rings (SSSR count). The van der Waals surface area contributed by atoms with Gasteiger partial charge in [-0.3, -0.25) is 0 Å². The second-order valence-corrected chi connectivity index (χ2v) is 5.63. The summed E-state index contributed by atoms with van der Waals surface area (Å²) < 4.78 is 11.0. The normalized spacial score (nSPS) is 11.6. The Balaban J connectivity index is 2.27. The Kier molecular flexibility index (Phi) is 12.6. The number of guanidine groups is 1. The number of rotatable bonds is 13. The summed E-state index contributed by atoms with van der Waals surface area (Å²) in [5.41, 5.74) is 1.94. The van der Waals surface area contributed by atoms with Crippen molar-refractivity contribution in [2.45, 2.75) is 39.8 Å². The average Bonchev–Trinajstić information content (AvgIpc) is 2.64. The van der Waals surface area contributed by atoms with Crippen LogP contribution in [0.5, 0.6) is 0 Å². The lowest BCUT2D eigenvalue weighted by Gasteiger charge is -2.12. The summed E-state index contributed by atoms with van der Waals surface area (Å²) in [6, 6.07) is 7.79. The van der Waals surface area contributed by atoms with Crippen LogP contribution in [0.2, 0.25) is 0 Å². The van der Waals surface area contributed by atoms with Crippen LogP contribution in [-0.2, 0) is 22.6 Å². The molecule has 0 saturated heterocycles. The van der Waals surface area contributed by atoms with Gasteiger partial charge in [0.2, 0.25) is 0 Å². The predicted octanol–water partition coefficient (Wildman–Crippen LogP) is 2.07. The number of nitrogens with one attached hydrogen (secondary N) is 2. The quantitative estimate of drug-likeness (QED) is 0.288. The van der Waals surface area contributed by atoms with Crippen molar-refractivity contribution >= 4 is 5.96 Å². The molecule has 6 nitrogen and oxygen atoms in total. The number of unbranched alkanes of at least 4 members (excludes halogenated alkanes) is 1. The highest BCUT2D eigenvalue weighted by atomic mass is 16.5. The zero-order valence-corrected chi connectivity index (χ0v) is 15.6. The second kappa shape index (κ2) is 14.7. The van der Waals surface area contributed by atoms with Gasteiger partial charge in [0.05, 0.1) is 33.0 Å². The molecule has 0 fully saturated rings. The number of aliphatic imine (C=N–C) groups is 1. The van der Waals surface area contributed by atoms with Crippen molar-refractivity contribution in [2.24, 2.45) is 4.99 Å². The van der Waals surface area contributed by atoms with E-state index in [-0.39, 0.29) is 6.61 Å². The molecular weight excluding hydrogens is 318 g/mol. The summed E-state index contributed by atoms with van der Waals surface area (Å²) in [6.45, 7) is 8.89. The molecule has 0 aliphatic carbocycles. The number of aliphatic hydroxyl groups excluding tert-OH is 1. The van der Waals surface area contributed by atoms with E-state index in [0.29, 0.717) is 32.9 Å². The molecule has 0 spiro atoms. The Morgan fingerprint density at radius 1 is 1.00 bits per heavy atom. The van der Waals surface area contributed by atoms with Gasteiger partial charge in [0, 0.05) is 19.7 Å². The summed E-state index contributed by atoms with van der Waals surface area (Å²) in [4.78, 5) is 4.56. The minimum atomic E-state index is 0.0316. The second-order valence-electron chi connectivity index (χ2n) is 5.63. The third kappa shape index (κ3) is 10.1. The highest BCUT2D eigenvalue weighted by Gasteiger charge is 2.01. The molecule has 0 heterocycles. The Morgan fingerprint density at radius 3 is 2.40 bits per heavy atom. The number of nitrogens with zero attached hydrogens (tertiary/aromatic N) is 1. The van der Waals surface area contributed by atoms with Gasteiger partial charge in [0.1, 0.15) is 0 Å². The molecule has 1 aromatic rings. The van der Waals surface area contributed by atoms with Gasteiger partial charge in [-0.05, 0) is 24.5 Å². The minimum absolute atomic E-state index is 0.0316. The molecular formula is C19H33N3O3. The van der Waals surface area contributed by atoms with Gasteiger partial charge < -0.3 is 25.2 Å². The lowest BCUT2D eigenvalue weighted by atomic mass is 10.1. The van der Waals surface area contributed by atoms with Gasteiger partial charge in [0.25, 0.3) is 0 Å². The van der Waals surface area contributed by atoms with E-state index in [2.05, 4.69) is 22.5 Å². The fraction of sp³-hybridized carbons (Fsp3) is 0.632. The van der Waals surface area contributed by atoms with Gasteiger partial charge in [-0.25, -0.2) is 4.99 Å². The Hall–Kier alpha value is -1.63. The van der Waals surface area contributed by atoms with Crippen molar-refractivity contribution in [2.75, 3.05) is 39.5 Å². The van der Waals surface area contributed by atoms with Crippen LogP contribution < -0.4 is 10.6 Å². The molecule has 0 radical (unpaired) electrons. The van der Waals surface area contributed by atoms with E-state index in [0.717, 1.165) is 43.1 Å². The molecule has 142 valence electrons. The van der Waals surface area contributed by atoms with Crippen LogP contribution >= 0.6 is 0 Å². The Bertz CT molecular complexity index is 481. The molecule has 0 saturated carbocycles. The maximum atomic E-state index is 9.37. The maximum absolute atomic E-state index is 9.37. The molecule has 0 unspecified atom stereocenters. The number of hydrogen-bond donors (Lipinski definition) is 3. The zero-order chi connectivity index (χ0) is 18.2. The third-order valence-electron chi connectivity index (χ3n) is 3.59. The van der Waals surface area contributed by atoms with Crippen molar-refractivity contribution in [3.63, 3.8) is 0 Å². The molecule has 0 bridgehead atoms. The topological polar surface area (TPSA) is 75.1 Å². The average molecular weight is 351 g/mol.